The molecule has 2 rings (SSSR count). The Labute approximate surface area is 89.6 Å². The Balaban J connectivity index is 2.34. The fourth-order valence-corrected chi connectivity index (χ4v) is 2.70. The van der Waals surface area contributed by atoms with Gasteiger partial charge in [0.2, 0.25) is 0 Å². The molecule has 0 saturated carbocycles. The van der Waals surface area contributed by atoms with Crippen molar-refractivity contribution in [1.29, 1.82) is 0 Å². The third-order valence-electron chi connectivity index (χ3n) is 2.34. The molecule has 1 aromatic carbocycles. The molecular formula is C10H10Br2. The van der Waals surface area contributed by atoms with Crippen LogP contribution >= 0.6 is 31.9 Å². The maximum Gasteiger partial charge on any atom is 0.0314 e. The highest BCUT2D eigenvalue weighted by atomic mass is 79.9. The molecule has 0 saturated heterocycles. The van der Waals surface area contributed by atoms with Crippen LogP contribution in [0.4, 0.5) is 0 Å². The number of alkyl halides is 2. The van der Waals surface area contributed by atoms with Crippen LogP contribution < -0.4 is 0 Å². The molecular weight excluding hydrogens is 280 g/mol. The number of hydrogen-bond acceptors (Lipinski definition) is 0. The summed E-state index contributed by atoms with van der Waals surface area (Å²) in [6.45, 7) is 0. The second-order valence-electron chi connectivity index (χ2n) is 3.21. The summed E-state index contributed by atoms with van der Waals surface area (Å²) in [6.07, 6.45) is 2.29. The molecule has 0 aromatic heterocycles. The van der Waals surface area contributed by atoms with E-state index < -0.39 is 0 Å². The zero-order valence-electron chi connectivity index (χ0n) is 6.63. The lowest BCUT2D eigenvalue weighted by Crippen LogP contribution is -2.25. The lowest BCUT2D eigenvalue weighted by atomic mass is 9.92. The highest BCUT2D eigenvalue weighted by Gasteiger charge is 2.23. The van der Waals surface area contributed by atoms with Gasteiger partial charge in [0, 0.05) is 9.65 Å². The van der Waals surface area contributed by atoms with Crippen molar-refractivity contribution in [1.82, 2.24) is 0 Å². The van der Waals surface area contributed by atoms with Crippen LogP contribution in [0.1, 0.15) is 11.1 Å². The SMILES string of the molecule is Br[C@@H]1Cc2ccccc2C[C@H]1Br. The molecule has 1 aromatic rings. The van der Waals surface area contributed by atoms with Crippen LogP contribution in [-0.4, -0.2) is 9.65 Å². The smallest absolute Gasteiger partial charge is 0.0314 e. The van der Waals surface area contributed by atoms with E-state index >= 15 is 0 Å². The molecule has 0 spiro atoms. The molecule has 0 nitrogen and oxygen atoms in total. The molecule has 0 fully saturated rings. The van der Waals surface area contributed by atoms with Gasteiger partial charge in [-0.2, -0.15) is 0 Å². The summed E-state index contributed by atoms with van der Waals surface area (Å²) in [5.41, 5.74) is 2.99. The van der Waals surface area contributed by atoms with Gasteiger partial charge >= 0.3 is 0 Å². The topological polar surface area (TPSA) is 0 Å². The van der Waals surface area contributed by atoms with Crippen LogP contribution in [0.15, 0.2) is 24.3 Å². The monoisotopic (exact) mass is 288 g/mol. The minimum atomic E-state index is 0.590. The van der Waals surface area contributed by atoms with Crippen LogP contribution in [0.5, 0.6) is 0 Å². The van der Waals surface area contributed by atoms with Crippen molar-refractivity contribution in [3.63, 3.8) is 0 Å². The highest BCUT2D eigenvalue weighted by Crippen LogP contribution is 2.29. The molecule has 0 aliphatic heterocycles. The van der Waals surface area contributed by atoms with E-state index in [4.69, 9.17) is 0 Å². The van der Waals surface area contributed by atoms with Crippen molar-refractivity contribution in [2.45, 2.75) is 22.5 Å². The molecule has 0 N–H and O–H groups in total. The summed E-state index contributed by atoms with van der Waals surface area (Å²) in [6, 6.07) is 8.69. The van der Waals surface area contributed by atoms with E-state index in [-0.39, 0.29) is 0 Å². The number of rotatable bonds is 0. The van der Waals surface area contributed by atoms with Gasteiger partial charge in [-0.1, -0.05) is 56.1 Å². The first-order valence-electron chi connectivity index (χ1n) is 4.12. The van der Waals surface area contributed by atoms with Gasteiger partial charge in [0.15, 0.2) is 0 Å². The molecule has 0 radical (unpaired) electrons. The molecule has 2 atom stereocenters. The maximum absolute atomic E-state index is 3.68. The van der Waals surface area contributed by atoms with Crippen LogP contribution in [0, 0.1) is 0 Å². The Hall–Kier alpha value is 0.180. The molecule has 64 valence electrons. The number of halogens is 2. The van der Waals surface area contributed by atoms with E-state index in [1.807, 2.05) is 0 Å². The first kappa shape index (κ1) is 8.76. The predicted molar refractivity (Wildman–Crippen MR) is 59.3 cm³/mol. The Morgan fingerprint density at radius 3 is 1.75 bits per heavy atom. The van der Waals surface area contributed by atoms with Crippen LogP contribution in [0.2, 0.25) is 0 Å². The molecule has 1 aliphatic rings. The van der Waals surface area contributed by atoms with E-state index in [0.717, 1.165) is 12.8 Å². The van der Waals surface area contributed by atoms with Gasteiger partial charge in [-0.15, -0.1) is 0 Å². The maximum atomic E-state index is 3.68. The number of fused-ring (bicyclic) bond motifs is 1. The quantitative estimate of drug-likeness (QED) is 0.643. The van der Waals surface area contributed by atoms with Crippen molar-refractivity contribution in [2.75, 3.05) is 0 Å². The van der Waals surface area contributed by atoms with Gasteiger partial charge < -0.3 is 0 Å². The second-order valence-corrected chi connectivity index (χ2v) is 5.56. The van der Waals surface area contributed by atoms with Crippen molar-refractivity contribution >= 4 is 31.9 Å². The largest absolute Gasteiger partial charge is 0.0875 e. The fourth-order valence-electron chi connectivity index (χ4n) is 1.63. The van der Waals surface area contributed by atoms with Crippen LogP contribution in [-0.2, 0) is 12.8 Å². The number of benzene rings is 1. The van der Waals surface area contributed by atoms with Crippen LogP contribution in [0.3, 0.4) is 0 Å². The average Bonchev–Trinajstić information content (AvgIpc) is 2.07. The van der Waals surface area contributed by atoms with Crippen molar-refractivity contribution in [3.8, 4) is 0 Å². The zero-order chi connectivity index (χ0) is 8.55. The first-order chi connectivity index (χ1) is 5.77. The fraction of sp³-hybridized carbons (Fsp3) is 0.400. The van der Waals surface area contributed by atoms with Gasteiger partial charge in [-0.05, 0) is 24.0 Å². The molecule has 0 unspecified atom stereocenters. The summed E-state index contributed by atoms with van der Waals surface area (Å²) in [4.78, 5) is 1.18. The van der Waals surface area contributed by atoms with Crippen molar-refractivity contribution < 1.29 is 0 Å². The summed E-state index contributed by atoms with van der Waals surface area (Å²) in [7, 11) is 0. The van der Waals surface area contributed by atoms with E-state index in [0.29, 0.717) is 9.65 Å². The third-order valence-corrected chi connectivity index (χ3v) is 4.97. The Kier molecular flexibility index (Phi) is 2.56. The molecule has 0 bridgehead atoms. The van der Waals surface area contributed by atoms with Crippen molar-refractivity contribution in [2.24, 2.45) is 0 Å². The van der Waals surface area contributed by atoms with Gasteiger partial charge in [0.05, 0.1) is 0 Å². The van der Waals surface area contributed by atoms with Crippen molar-refractivity contribution in [3.05, 3.63) is 35.4 Å². The Bertz CT molecular complexity index is 254. The van der Waals surface area contributed by atoms with E-state index in [2.05, 4.69) is 56.1 Å². The summed E-state index contributed by atoms with van der Waals surface area (Å²) in [5.74, 6) is 0. The second kappa shape index (κ2) is 3.51. The Morgan fingerprint density at radius 2 is 1.33 bits per heavy atom. The lowest BCUT2D eigenvalue weighted by molar-refractivity contribution is 0.738. The summed E-state index contributed by atoms with van der Waals surface area (Å²) >= 11 is 7.35. The predicted octanol–water partition coefficient (Wildman–Crippen LogP) is 3.31. The lowest BCUT2D eigenvalue weighted by Gasteiger charge is -2.25. The molecule has 2 heteroatoms. The third kappa shape index (κ3) is 1.60. The van der Waals surface area contributed by atoms with Gasteiger partial charge in [0.25, 0.3) is 0 Å². The average molecular weight is 290 g/mol. The normalized spacial score (nSPS) is 28.2. The summed E-state index contributed by atoms with van der Waals surface area (Å²) < 4.78 is 0. The van der Waals surface area contributed by atoms with E-state index in [9.17, 15) is 0 Å². The minimum absolute atomic E-state index is 0.590. The van der Waals surface area contributed by atoms with Gasteiger partial charge in [0.1, 0.15) is 0 Å². The highest BCUT2D eigenvalue weighted by molar-refractivity contribution is 9.12. The van der Waals surface area contributed by atoms with Gasteiger partial charge in [-0.3, -0.25) is 0 Å². The molecule has 0 heterocycles. The standard InChI is InChI=1S/C10H10Br2/c11-9-5-7-3-1-2-4-8(7)6-10(9)12/h1-4,9-10H,5-6H2/t9-,10-/m1/s1. The van der Waals surface area contributed by atoms with Gasteiger partial charge in [-0.25, -0.2) is 0 Å². The van der Waals surface area contributed by atoms with Crippen LogP contribution in [0.25, 0.3) is 0 Å². The zero-order valence-corrected chi connectivity index (χ0v) is 9.81. The van der Waals surface area contributed by atoms with E-state index in [1.165, 1.54) is 11.1 Å². The number of hydrogen-bond donors (Lipinski definition) is 0. The molecule has 1 aliphatic carbocycles. The first-order valence-corrected chi connectivity index (χ1v) is 5.95. The summed E-state index contributed by atoms with van der Waals surface area (Å²) in [5, 5.41) is 0. The molecule has 0 amide bonds. The molecule has 12 heavy (non-hydrogen) atoms. The Morgan fingerprint density at radius 1 is 0.917 bits per heavy atom. The minimum Gasteiger partial charge on any atom is -0.0875 e. The van der Waals surface area contributed by atoms with E-state index in [1.54, 1.807) is 0 Å².